The molecular weight excluding hydrogens is 232 g/mol. The lowest BCUT2D eigenvalue weighted by molar-refractivity contribution is -0.133. The molecule has 0 saturated carbocycles. The Kier molecular flexibility index (Phi) is 5.61. The number of rotatable bonds is 6. The summed E-state index contributed by atoms with van der Waals surface area (Å²) >= 11 is 0. The number of nitrogens with two attached hydrogens (primary N) is 1. The van der Waals surface area contributed by atoms with Crippen LogP contribution >= 0.6 is 0 Å². The molecule has 0 aliphatic rings. The van der Waals surface area contributed by atoms with Crippen molar-refractivity contribution in [1.82, 2.24) is 4.90 Å². The zero-order valence-electron chi connectivity index (χ0n) is 10.5. The van der Waals surface area contributed by atoms with E-state index in [2.05, 4.69) is 0 Å². The van der Waals surface area contributed by atoms with E-state index >= 15 is 0 Å². The van der Waals surface area contributed by atoms with Crippen molar-refractivity contribution >= 4 is 11.6 Å². The highest BCUT2D eigenvalue weighted by molar-refractivity contribution is 5.83. The summed E-state index contributed by atoms with van der Waals surface area (Å²) in [7, 11) is 0. The Morgan fingerprint density at radius 1 is 1.33 bits per heavy atom. The topological polar surface area (TPSA) is 86.8 Å². The van der Waals surface area contributed by atoms with Crippen molar-refractivity contribution in [3.63, 3.8) is 0 Å². The smallest absolute Gasteiger partial charge is 0.229 e. The van der Waals surface area contributed by atoms with Crippen LogP contribution in [0.3, 0.4) is 0 Å². The monoisotopic (exact) mass is 252 g/mol. The average Bonchev–Trinajstić information content (AvgIpc) is 2.37. The molecule has 4 N–H and O–H groups in total. The van der Waals surface area contributed by atoms with Crippen LogP contribution in [0.4, 0.5) is 5.69 Å². The number of amides is 1. The van der Waals surface area contributed by atoms with E-state index < -0.39 is 0 Å². The van der Waals surface area contributed by atoms with E-state index in [9.17, 15) is 4.79 Å². The molecule has 100 valence electrons. The van der Waals surface area contributed by atoms with Crippen molar-refractivity contribution in [3.8, 4) is 0 Å². The minimum atomic E-state index is -0.341. The third-order valence-electron chi connectivity index (χ3n) is 2.83. The highest BCUT2D eigenvalue weighted by atomic mass is 16.3. The van der Waals surface area contributed by atoms with Crippen LogP contribution in [-0.2, 0) is 4.79 Å². The zero-order valence-corrected chi connectivity index (χ0v) is 10.5. The molecule has 0 radical (unpaired) electrons. The molecule has 1 unspecified atom stereocenters. The standard InChI is InChI=1S/C13H20N2O3/c1-10(11-3-2-4-12(14)9-11)13(18)15(5-7-16)6-8-17/h2-4,9-10,16-17H,5-8,14H2,1H3. The van der Waals surface area contributed by atoms with Crippen molar-refractivity contribution in [3.05, 3.63) is 29.8 Å². The fraction of sp³-hybridized carbons (Fsp3) is 0.462. The van der Waals surface area contributed by atoms with Crippen LogP contribution in [0.5, 0.6) is 0 Å². The first-order valence-electron chi connectivity index (χ1n) is 5.96. The first-order valence-corrected chi connectivity index (χ1v) is 5.96. The Hall–Kier alpha value is -1.59. The number of hydrogen-bond donors (Lipinski definition) is 3. The quantitative estimate of drug-likeness (QED) is 0.631. The van der Waals surface area contributed by atoms with E-state index in [1.807, 2.05) is 6.07 Å². The molecule has 0 heterocycles. The first kappa shape index (κ1) is 14.5. The van der Waals surface area contributed by atoms with E-state index in [0.717, 1.165) is 5.56 Å². The van der Waals surface area contributed by atoms with Gasteiger partial charge in [0.1, 0.15) is 0 Å². The van der Waals surface area contributed by atoms with Crippen molar-refractivity contribution in [1.29, 1.82) is 0 Å². The lowest BCUT2D eigenvalue weighted by atomic mass is 9.99. The summed E-state index contributed by atoms with van der Waals surface area (Å²) in [4.78, 5) is 13.6. The molecule has 1 amide bonds. The summed E-state index contributed by atoms with van der Waals surface area (Å²) in [5, 5.41) is 17.8. The molecule has 1 rings (SSSR count). The highest BCUT2D eigenvalue weighted by Gasteiger charge is 2.21. The third kappa shape index (κ3) is 3.72. The van der Waals surface area contributed by atoms with E-state index in [0.29, 0.717) is 5.69 Å². The Labute approximate surface area is 107 Å². The number of carbonyl (C=O) groups is 1. The van der Waals surface area contributed by atoms with E-state index in [1.165, 1.54) is 4.90 Å². The summed E-state index contributed by atoms with van der Waals surface area (Å²) in [6.45, 7) is 2.02. The number of nitrogens with zero attached hydrogens (tertiary/aromatic N) is 1. The summed E-state index contributed by atoms with van der Waals surface area (Å²) < 4.78 is 0. The minimum absolute atomic E-state index is 0.116. The van der Waals surface area contributed by atoms with E-state index in [1.54, 1.807) is 25.1 Å². The van der Waals surface area contributed by atoms with Gasteiger partial charge < -0.3 is 20.8 Å². The van der Waals surface area contributed by atoms with Gasteiger partial charge in [0.15, 0.2) is 0 Å². The second kappa shape index (κ2) is 6.98. The number of nitrogen functional groups attached to an aromatic ring is 1. The molecule has 1 aromatic carbocycles. The second-order valence-electron chi connectivity index (χ2n) is 4.16. The third-order valence-corrected chi connectivity index (χ3v) is 2.83. The van der Waals surface area contributed by atoms with Crippen LogP contribution < -0.4 is 5.73 Å². The Morgan fingerprint density at radius 3 is 2.44 bits per heavy atom. The van der Waals surface area contributed by atoms with Gasteiger partial charge in [0.25, 0.3) is 0 Å². The molecule has 1 aromatic rings. The van der Waals surface area contributed by atoms with Gasteiger partial charge in [-0.05, 0) is 24.6 Å². The largest absolute Gasteiger partial charge is 0.399 e. The molecular formula is C13H20N2O3. The Bertz CT molecular complexity index is 390. The van der Waals surface area contributed by atoms with Gasteiger partial charge in [0.05, 0.1) is 19.1 Å². The molecule has 5 heteroatoms. The van der Waals surface area contributed by atoms with Crippen LogP contribution in [0, 0.1) is 0 Å². The minimum Gasteiger partial charge on any atom is -0.399 e. The number of hydrogen-bond acceptors (Lipinski definition) is 4. The molecule has 0 bridgehead atoms. The summed E-state index contributed by atoms with van der Waals surface area (Å²) in [5.74, 6) is -0.463. The molecule has 0 saturated heterocycles. The maximum absolute atomic E-state index is 12.2. The van der Waals surface area contributed by atoms with Crippen LogP contribution in [0.1, 0.15) is 18.4 Å². The first-order chi connectivity index (χ1) is 8.60. The van der Waals surface area contributed by atoms with Gasteiger partial charge in [-0.2, -0.15) is 0 Å². The molecule has 1 atom stereocenters. The lowest BCUT2D eigenvalue weighted by Crippen LogP contribution is -2.38. The average molecular weight is 252 g/mol. The SMILES string of the molecule is CC(C(=O)N(CCO)CCO)c1cccc(N)c1. The van der Waals surface area contributed by atoms with Crippen LogP contribution in [0.2, 0.25) is 0 Å². The van der Waals surface area contributed by atoms with Gasteiger partial charge in [-0.3, -0.25) is 4.79 Å². The maximum Gasteiger partial charge on any atom is 0.229 e. The predicted molar refractivity (Wildman–Crippen MR) is 70.0 cm³/mol. The van der Waals surface area contributed by atoms with Gasteiger partial charge in [-0.15, -0.1) is 0 Å². The van der Waals surface area contributed by atoms with Gasteiger partial charge in [0.2, 0.25) is 5.91 Å². The number of benzene rings is 1. The van der Waals surface area contributed by atoms with E-state index in [4.69, 9.17) is 15.9 Å². The zero-order chi connectivity index (χ0) is 13.5. The van der Waals surface area contributed by atoms with Gasteiger partial charge in [-0.25, -0.2) is 0 Å². The number of carbonyl (C=O) groups excluding carboxylic acids is 1. The number of aliphatic hydroxyl groups excluding tert-OH is 2. The van der Waals surface area contributed by atoms with Crippen molar-refractivity contribution < 1.29 is 15.0 Å². The van der Waals surface area contributed by atoms with Crippen LogP contribution in [-0.4, -0.2) is 47.3 Å². The van der Waals surface area contributed by atoms with E-state index in [-0.39, 0.29) is 38.1 Å². The van der Waals surface area contributed by atoms with Crippen molar-refractivity contribution in [2.24, 2.45) is 0 Å². The van der Waals surface area contributed by atoms with Gasteiger partial charge in [-0.1, -0.05) is 12.1 Å². The maximum atomic E-state index is 12.2. The molecule has 18 heavy (non-hydrogen) atoms. The Morgan fingerprint density at radius 2 is 1.94 bits per heavy atom. The Balaban J connectivity index is 2.81. The summed E-state index contributed by atoms with van der Waals surface area (Å²) in [6, 6.07) is 7.17. The lowest BCUT2D eigenvalue weighted by Gasteiger charge is -2.24. The fourth-order valence-corrected chi connectivity index (χ4v) is 1.82. The van der Waals surface area contributed by atoms with Crippen molar-refractivity contribution in [2.75, 3.05) is 32.0 Å². The predicted octanol–water partition coefficient (Wildman–Crippen LogP) is 0.185. The van der Waals surface area contributed by atoms with Gasteiger partial charge >= 0.3 is 0 Å². The molecule has 0 spiro atoms. The molecule has 0 aliphatic heterocycles. The van der Waals surface area contributed by atoms with Gasteiger partial charge in [0, 0.05) is 18.8 Å². The highest BCUT2D eigenvalue weighted by Crippen LogP contribution is 2.20. The number of aliphatic hydroxyl groups is 2. The van der Waals surface area contributed by atoms with Crippen molar-refractivity contribution in [2.45, 2.75) is 12.8 Å². The molecule has 0 aliphatic carbocycles. The molecule has 5 nitrogen and oxygen atoms in total. The molecule has 0 aromatic heterocycles. The normalized spacial score (nSPS) is 12.2. The number of anilines is 1. The molecule has 0 fully saturated rings. The fourth-order valence-electron chi connectivity index (χ4n) is 1.82. The second-order valence-corrected chi connectivity index (χ2v) is 4.16. The summed E-state index contributed by atoms with van der Waals surface area (Å²) in [6.07, 6.45) is 0. The van der Waals surface area contributed by atoms with Crippen LogP contribution in [0.25, 0.3) is 0 Å². The summed E-state index contributed by atoms with van der Waals surface area (Å²) in [5.41, 5.74) is 7.13. The van der Waals surface area contributed by atoms with Crippen LogP contribution in [0.15, 0.2) is 24.3 Å².